The smallest absolute Gasteiger partial charge is 0.368 e. The molecule has 0 spiro atoms. The number of hydrogen-bond donors (Lipinski definition) is 2. The van der Waals surface area contributed by atoms with Gasteiger partial charge in [0.15, 0.2) is 0 Å². The molecule has 3 aromatic rings. The van der Waals surface area contributed by atoms with Gasteiger partial charge in [-0.2, -0.15) is 26.3 Å². The molecule has 3 rings (SSSR count). The molecular weight excluding hydrogens is 442 g/mol. The number of hydrogen-bond acceptors (Lipinski definition) is 4. The first kappa shape index (κ1) is 23.0. The highest BCUT2D eigenvalue weighted by Gasteiger charge is 2.37. The Morgan fingerprint density at radius 2 is 1.50 bits per heavy atom. The van der Waals surface area contributed by atoms with Gasteiger partial charge in [0.2, 0.25) is 5.91 Å². The average Bonchev–Trinajstić information content (AvgIpc) is 2.71. The molecule has 1 aromatic heterocycles. The third-order valence-electron chi connectivity index (χ3n) is 4.41. The Balaban J connectivity index is 1.89. The average molecular weight is 456 g/mol. The summed E-state index contributed by atoms with van der Waals surface area (Å²) in [6, 6.07) is 5.72. The topological polar surface area (TPSA) is 98.0 Å². The van der Waals surface area contributed by atoms with Crippen molar-refractivity contribution in [2.75, 3.05) is 0 Å². The van der Waals surface area contributed by atoms with Crippen molar-refractivity contribution in [2.24, 2.45) is 5.73 Å². The number of alkyl halides is 6. The van der Waals surface area contributed by atoms with Crippen LogP contribution in [0.25, 0.3) is 11.0 Å². The number of aromatic nitrogens is 2. The van der Waals surface area contributed by atoms with E-state index in [4.69, 9.17) is 5.73 Å². The molecule has 0 aliphatic rings. The highest BCUT2D eigenvalue weighted by Crippen LogP contribution is 2.36. The summed E-state index contributed by atoms with van der Waals surface area (Å²) in [5, 5.41) is 2.07. The van der Waals surface area contributed by atoms with Crippen molar-refractivity contribution in [3.8, 4) is 0 Å². The highest BCUT2D eigenvalue weighted by molar-refractivity contribution is 5.97. The van der Waals surface area contributed by atoms with E-state index in [1.54, 1.807) is 24.3 Å². The summed E-state index contributed by atoms with van der Waals surface area (Å²) in [6.45, 7) is 0. The molecular formula is C20H14F6N4O2. The molecule has 3 N–H and O–H groups in total. The van der Waals surface area contributed by atoms with E-state index in [-0.39, 0.29) is 30.3 Å². The highest BCUT2D eigenvalue weighted by atomic mass is 19.4. The van der Waals surface area contributed by atoms with Crippen LogP contribution >= 0.6 is 0 Å². The lowest BCUT2D eigenvalue weighted by Crippen LogP contribution is -2.46. The number of rotatable bonds is 5. The minimum atomic E-state index is -5.12. The number of carbonyl (C=O) groups excluding carboxylic acids is 2. The van der Waals surface area contributed by atoms with Crippen molar-refractivity contribution in [1.82, 2.24) is 15.3 Å². The normalized spacial score (nSPS) is 13.1. The molecule has 0 saturated heterocycles. The number of para-hydroxylation sites is 2. The first-order valence-electron chi connectivity index (χ1n) is 8.95. The molecule has 0 radical (unpaired) electrons. The summed E-state index contributed by atoms with van der Waals surface area (Å²) < 4.78 is 78.1. The van der Waals surface area contributed by atoms with Crippen molar-refractivity contribution in [2.45, 2.75) is 24.8 Å². The Bertz CT molecular complexity index is 1140. The first-order chi connectivity index (χ1) is 14.8. The van der Waals surface area contributed by atoms with Crippen LogP contribution in [0.2, 0.25) is 0 Å². The van der Waals surface area contributed by atoms with E-state index in [2.05, 4.69) is 15.3 Å². The van der Waals surface area contributed by atoms with Crippen LogP contribution in [0.15, 0.2) is 48.7 Å². The summed E-state index contributed by atoms with van der Waals surface area (Å²) in [5.74, 6) is -2.39. The number of halogens is 6. The van der Waals surface area contributed by atoms with Gasteiger partial charge in [0.25, 0.3) is 5.91 Å². The van der Waals surface area contributed by atoms with Crippen LogP contribution in [-0.2, 0) is 23.6 Å². The van der Waals surface area contributed by atoms with Crippen LogP contribution in [0.5, 0.6) is 0 Å². The first-order valence-corrected chi connectivity index (χ1v) is 8.95. The second-order valence-corrected chi connectivity index (χ2v) is 6.78. The molecule has 0 bridgehead atoms. The van der Waals surface area contributed by atoms with Gasteiger partial charge >= 0.3 is 12.4 Å². The van der Waals surface area contributed by atoms with Gasteiger partial charge in [0.05, 0.1) is 27.9 Å². The van der Waals surface area contributed by atoms with Crippen molar-refractivity contribution in [1.29, 1.82) is 0 Å². The van der Waals surface area contributed by atoms with E-state index >= 15 is 0 Å². The molecule has 12 heteroatoms. The summed E-state index contributed by atoms with van der Waals surface area (Å²) in [4.78, 5) is 32.6. The lowest BCUT2D eigenvalue weighted by molar-refractivity contribution is -0.143. The van der Waals surface area contributed by atoms with Crippen molar-refractivity contribution in [3.63, 3.8) is 0 Å². The van der Waals surface area contributed by atoms with Crippen molar-refractivity contribution < 1.29 is 35.9 Å². The van der Waals surface area contributed by atoms with Crippen LogP contribution < -0.4 is 11.1 Å². The predicted molar refractivity (Wildman–Crippen MR) is 100 cm³/mol. The number of fused-ring (bicyclic) bond motifs is 1. The number of nitrogens with two attached hydrogens (primary N) is 1. The minimum Gasteiger partial charge on any atom is -0.368 e. The molecule has 0 saturated carbocycles. The van der Waals surface area contributed by atoms with Crippen LogP contribution in [0.4, 0.5) is 26.3 Å². The Morgan fingerprint density at radius 3 is 2.03 bits per heavy atom. The molecule has 0 fully saturated rings. The molecule has 2 amide bonds. The number of carbonyl (C=O) groups is 2. The van der Waals surface area contributed by atoms with Crippen LogP contribution in [-0.4, -0.2) is 27.8 Å². The van der Waals surface area contributed by atoms with Gasteiger partial charge in [0, 0.05) is 18.2 Å². The van der Waals surface area contributed by atoms with E-state index in [0.29, 0.717) is 11.0 Å². The number of nitrogens with one attached hydrogen (secondary N) is 1. The maximum absolute atomic E-state index is 13.0. The fourth-order valence-electron chi connectivity index (χ4n) is 2.85. The Hall–Kier alpha value is -3.70. The zero-order valence-electron chi connectivity index (χ0n) is 16.0. The van der Waals surface area contributed by atoms with E-state index in [0.717, 1.165) is 0 Å². The molecule has 32 heavy (non-hydrogen) atoms. The van der Waals surface area contributed by atoms with Crippen LogP contribution in [0, 0.1) is 0 Å². The monoisotopic (exact) mass is 456 g/mol. The Labute approximate surface area is 176 Å². The largest absolute Gasteiger partial charge is 0.416 e. The van der Waals surface area contributed by atoms with E-state index in [1.807, 2.05) is 0 Å². The fraction of sp³-hybridized carbons (Fsp3) is 0.200. The van der Waals surface area contributed by atoms with E-state index < -0.39 is 46.9 Å². The summed E-state index contributed by atoms with van der Waals surface area (Å²) in [6.07, 6.45) is -9.21. The SMILES string of the molecule is NC(=O)[C@H](Cc1cnc2ccccc2n1)NC(=O)c1cc(C(F)(F)F)cc(C(F)(F)F)c1. The quantitative estimate of drug-likeness (QED) is 0.575. The summed E-state index contributed by atoms with van der Waals surface area (Å²) in [5.41, 5.74) is 2.28. The molecule has 0 unspecified atom stereocenters. The fourth-order valence-corrected chi connectivity index (χ4v) is 2.85. The summed E-state index contributed by atoms with van der Waals surface area (Å²) in [7, 11) is 0. The molecule has 6 nitrogen and oxygen atoms in total. The standard InChI is InChI=1S/C20H14F6N4O2/c21-19(22,23)11-5-10(6-12(7-11)20(24,25)26)18(32)30-16(17(27)31)8-13-9-28-14-3-1-2-4-15(14)29-13/h1-7,9,16H,8H2,(H2,27,31)(H,30,32)/t16-/m0/s1. The van der Waals surface area contributed by atoms with E-state index in [9.17, 15) is 35.9 Å². The zero-order valence-corrected chi connectivity index (χ0v) is 16.0. The molecule has 0 aliphatic heterocycles. The van der Waals surface area contributed by atoms with Crippen LogP contribution in [0.1, 0.15) is 27.2 Å². The van der Waals surface area contributed by atoms with Gasteiger partial charge < -0.3 is 11.1 Å². The maximum atomic E-state index is 13.0. The third kappa shape index (κ3) is 5.31. The molecule has 168 valence electrons. The van der Waals surface area contributed by atoms with Gasteiger partial charge in [-0.15, -0.1) is 0 Å². The second-order valence-electron chi connectivity index (χ2n) is 6.78. The number of amides is 2. The van der Waals surface area contributed by atoms with Gasteiger partial charge in [0.1, 0.15) is 6.04 Å². The maximum Gasteiger partial charge on any atom is 0.416 e. The number of primary amides is 1. The molecule has 0 aliphatic carbocycles. The number of benzene rings is 2. The lowest BCUT2D eigenvalue weighted by Gasteiger charge is -2.17. The van der Waals surface area contributed by atoms with Crippen molar-refractivity contribution in [3.05, 3.63) is 71.0 Å². The summed E-state index contributed by atoms with van der Waals surface area (Å²) >= 11 is 0. The third-order valence-corrected chi connectivity index (χ3v) is 4.41. The van der Waals surface area contributed by atoms with Gasteiger partial charge in [-0.3, -0.25) is 14.6 Å². The molecule has 1 heterocycles. The zero-order chi connectivity index (χ0) is 23.7. The lowest BCUT2D eigenvalue weighted by atomic mass is 10.0. The second kappa shape index (κ2) is 8.44. The van der Waals surface area contributed by atoms with E-state index in [1.165, 1.54) is 6.20 Å². The minimum absolute atomic E-state index is 0.104. The Morgan fingerprint density at radius 1 is 0.938 bits per heavy atom. The molecule has 2 aromatic carbocycles. The number of nitrogens with zero attached hydrogens (tertiary/aromatic N) is 2. The van der Waals surface area contributed by atoms with Crippen LogP contribution in [0.3, 0.4) is 0 Å². The molecule has 1 atom stereocenters. The van der Waals surface area contributed by atoms with Gasteiger partial charge in [-0.25, -0.2) is 4.98 Å². The predicted octanol–water partition coefficient (Wildman–Crippen LogP) is 3.49. The Kier molecular flexibility index (Phi) is 6.06. The van der Waals surface area contributed by atoms with Gasteiger partial charge in [-0.05, 0) is 30.3 Å². The van der Waals surface area contributed by atoms with Crippen molar-refractivity contribution >= 4 is 22.8 Å². The van der Waals surface area contributed by atoms with Gasteiger partial charge in [-0.1, -0.05) is 12.1 Å².